The SMILES string of the molecule is CC(C)(C)[Si](C)(C)N([Si](C)(C)C(C)(C)C)S(=O)(=O)c1ccc(Cl)cc1. The zero-order valence-electron chi connectivity index (χ0n) is 17.4. The lowest BCUT2D eigenvalue weighted by atomic mass is 10.2. The van der Waals surface area contributed by atoms with Crippen molar-refractivity contribution in [2.75, 3.05) is 0 Å². The van der Waals surface area contributed by atoms with Crippen LogP contribution in [0.3, 0.4) is 0 Å². The van der Waals surface area contributed by atoms with E-state index in [4.69, 9.17) is 11.6 Å². The second-order valence-corrected chi connectivity index (χ2v) is 23.3. The number of sulfonamides is 1. The molecule has 0 unspecified atom stereocenters. The van der Waals surface area contributed by atoms with Gasteiger partial charge in [-0.3, -0.25) is 0 Å². The third-order valence-electron chi connectivity index (χ3n) is 6.04. The summed E-state index contributed by atoms with van der Waals surface area (Å²) in [7, 11) is -8.28. The number of nitrogens with zero attached hydrogens (tertiary/aromatic N) is 1. The van der Waals surface area contributed by atoms with Crippen molar-refractivity contribution in [3.8, 4) is 0 Å². The molecule has 0 N–H and O–H groups in total. The molecular weight excluding hydrogens is 386 g/mol. The van der Waals surface area contributed by atoms with E-state index in [0.717, 1.165) is 0 Å². The van der Waals surface area contributed by atoms with Gasteiger partial charge in [-0.05, 0) is 34.3 Å². The van der Waals surface area contributed by atoms with Gasteiger partial charge in [0.15, 0.2) is 0 Å². The maximum absolute atomic E-state index is 13.8. The van der Waals surface area contributed by atoms with Crippen LogP contribution in [0.15, 0.2) is 29.2 Å². The second kappa shape index (κ2) is 6.78. The number of hydrogen-bond acceptors (Lipinski definition) is 2. The molecule has 0 aliphatic rings. The van der Waals surface area contributed by atoms with Gasteiger partial charge in [0.2, 0.25) is 10.0 Å². The maximum Gasteiger partial charge on any atom is 0.231 e. The topological polar surface area (TPSA) is 37.4 Å². The molecule has 1 aromatic rings. The lowest BCUT2D eigenvalue weighted by Crippen LogP contribution is -2.69. The van der Waals surface area contributed by atoms with Gasteiger partial charge in [0.05, 0.1) is 4.90 Å². The van der Waals surface area contributed by atoms with Gasteiger partial charge in [0.25, 0.3) is 0 Å². The molecule has 0 amide bonds. The van der Waals surface area contributed by atoms with E-state index in [1.807, 2.05) is 3.64 Å². The van der Waals surface area contributed by atoms with Crippen molar-refractivity contribution in [1.29, 1.82) is 0 Å². The van der Waals surface area contributed by atoms with E-state index < -0.39 is 26.5 Å². The first-order chi connectivity index (χ1) is 10.9. The predicted molar refractivity (Wildman–Crippen MR) is 115 cm³/mol. The fourth-order valence-corrected chi connectivity index (χ4v) is 19.3. The minimum atomic E-state index is -3.60. The molecule has 0 bridgehead atoms. The quantitative estimate of drug-likeness (QED) is 0.533. The standard InChI is InChI=1S/C18H34ClNO2SSi2/c1-17(2,3)24(7,8)20(25(9,10)18(4,5)6)23(21,22)16-13-11-15(19)12-14-16/h11-14H,1-10H3. The summed E-state index contributed by atoms with van der Waals surface area (Å²) in [5.74, 6) is 0. The normalized spacial score (nSPS) is 14.9. The lowest BCUT2D eigenvalue weighted by molar-refractivity contribution is 0.548. The average Bonchev–Trinajstić information content (AvgIpc) is 2.35. The molecule has 0 fully saturated rings. The Bertz CT molecular complexity index is 689. The summed E-state index contributed by atoms with van der Waals surface area (Å²) in [5.41, 5.74) is 0. The fourth-order valence-electron chi connectivity index (χ4n) is 2.62. The summed E-state index contributed by atoms with van der Waals surface area (Å²) in [6.07, 6.45) is 0. The van der Waals surface area contributed by atoms with Crippen LogP contribution in [-0.2, 0) is 10.0 Å². The van der Waals surface area contributed by atoms with Crippen molar-refractivity contribution in [2.24, 2.45) is 0 Å². The van der Waals surface area contributed by atoms with E-state index in [1.165, 1.54) is 0 Å². The minimum absolute atomic E-state index is 0.0813. The Labute approximate surface area is 162 Å². The van der Waals surface area contributed by atoms with Crippen LogP contribution in [0.25, 0.3) is 0 Å². The van der Waals surface area contributed by atoms with Crippen LogP contribution in [0, 0.1) is 0 Å². The van der Waals surface area contributed by atoms with Gasteiger partial charge in [0, 0.05) is 5.02 Å². The molecule has 0 heterocycles. The smallest absolute Gasteiger partial charge is 0.231 e. The van der Waals surface area contributed by atoms with Gasteiger partial charge in [0.1, 0.15) is 16.5 Å². The molecular formula is C18H34ClNO2SSi2. The van der Waals surface area contributed by atoms with Crippen molar-refractivity contribution in [3.63, 3.8) is 0 Å². The Kier molecular flexibility index (Phi) is 6.21. The van der Waals surface area contributed by atoms with E-state index in [9.17, 15) is 8.42 Å². The Morgan fingerprint density at radius 1 is 0.800 bits per heavy atom. The molecule has 0 radical (unpaired) electrons. The van der Waals surface area contributed by atoms with Crippen molar-refractivity contribution < 1.29 is 8.42 Å². The van der Waals surface area contributed by atoms with Crippen molar-refractivity contribution >= 4 is 38.1 Å². The highest BCUT2D eigenvalue weighted by atomic mass is 35.5. The molecule has 0 aliphatic carbocycles. The minimum Gasteiger partial charge on any atom is -0.241 e. The van der Waals surface area contributed by atoms with Crippen LogP contribution in [0.4, 0.5) is 0 Å². The first-order valence-corrected chi connectivity index (χ1v) is 16.4. The average molecular weight is 420 g/mol. The molecule has 0 saturated heterocycles. The summed E-state index contributed by atoms with van der Waals surface area (Å²) >= 11 is 5.98. The van der Waals surface area contributed by atoms with E-state index in [2.05, 4.69) is 67.7 Å². The summed E-state index contributed by atoms with van der Waals surface area (Å²) in [4.78, 5) is 0.339. The first kappa shape index (κ1) is 22.9. The van der Waals surface area contributed by atoms with E-state index >= 15 is 0 Å². The Morgan fingerprint density at radius 2 is 1.12 bits per heavy atom. The fraction of sp³-hybridized carbons (Fsp3) is 0.667. The molecule has 3 nitrogen and oxygen atoms in total. The molecule has 1 aromatic carbocycles. The third kappa shape index (κ3) is 4.24. The Hall–Kier alpha value is -0.146. The van der Waals surface area contributed by atoms with Gasteiger partial charge in [-0.25, -0.2) is 12.1 Å². The summed E-state index contributed by atoms with van der Waals surface area (Å²) < 4.78 is 29.5. The van der Waals surface area contributed by atoms with E-state index in [0.29, 0.717) is 9.92 Å². The van der Waals surface area contributed by atoms with Gasteiger partial charge in [-0.1, -0.05) is 79.3 Å². The molecule has 0 spiro atoms. The van der Waals surface area contributed by atoms with E-state index in [1.54, 1.807) is 24.3 Å². The third-order valence-corrected chi connectivity index (χ3v) is 24.5. The predicted octanol–water partition coefficient (Wildman–Crippen LogP) is 6.34. The lowest BCUT2D eigenvalue weighted by Gasteiger charge is -2.55. The van der Waals surface area contributed by atoms with Crippen LogP contribution in [0.1, 0.15) is 41.5 Å². The van der Waals surface area contributed by atoms with Crippen LogP contribution >= 0.6 is 11.6 Å². The molecule has 0 aromatic heterocycles. The van der Waals surface area contributed by atoms with Crippen molar-refractivity contribution in [3.05, 3.63) is 29.3 Å². The zero-order chi connectivity index (χ0) is 20.1. The highest BCUT2D eigenvalue weighted by Gasteiger charge is 2.57. The van der Waals surface area contributed by atoms with Gasteiger partial charge < -0.3 is 0 Å². The molecule has 25 heavy (non-hydrogen) atoms. The zero-order valence-corrected chi connectivity index (χ0v) is 20.9. The Morgan fingerprint density at radius 3 is 1.40 bits per heavy atom. The van der Waals surface area contributed by atoms with E-state index in [-0.39, 0.29) is 10.1 Å². The maximum atomic E-state index is 13.8. The highest BCUT2D eigenvalue weighted by Crippen LogP contribution is 2.49. The van der Waals surface area contributed by atoms with Crippen molar-refractivity contribution in [2.45, 2.75) is 82.7 Å². The summed E-state index contributed by atoms with van der Waals surface area (Å²) in [6, 6.07) is 6.57. The van der Waals surface area contributed by atoms with Crippen LogP contribution in [-0.4, -0.2) is 28.5 Å². The molecule has 1 rings (SSSR count). The largest absolute Gasteiger partial charge is 0.241 e. The second-order valence-electron chi connectivity index (χ2n) is 9.84. The van der Waals surface area contributed by atoms with Crippen LogP contribution < -0.4 is 0 Å². The monoisotopic (exact) mass is 419 g/mol. The summed E-state index contributed by atoms with van der Waals surface area (Å²) in [6.45, 7) is 21.7. The first-order valence-electron chi connectivity index (χ1n) is 8.68. The Balaban J connectivity index is 3.77. The molecule has 0 atom stereocenters. The van der Waals surface area contributed by atoms with Crippen molar-refractivity contribution in [1.82, 2.24) is 3.64 Å². The van der Waals surface area contributed by atoms with Gasteiger partial charge >= 0.3 is 0 Å². The molecule has 144 valence electrons. The van der Waals surface area contributed by atoms with Gasteiger partial charge in [-0.15, -0.1) is 0 Å². The number of hydrogen-bond donors (Lipinski definition) is 0. The molecule has 7 heteroatoms. The van der Waals surface area contributed by atoms with Crippen LogP contribution in [0.5, 0.6) is 0 Å². The summed E-state index contributed by atoms with van der Waals surface area (Å²) in [5, 5.41) is 0.384. The number of halogens is 1. The number of benzene rings is 1. The van der Waals surface area contributed by atoms with Crippen LogP contribution in [0.2, 0.25) is 41.3 Å². The highest BCUT2D eigenvalue weighted by molar-refractivity contribution is 7.92. The number of rotatable bonds is 4. The molecule has 0 aliphatic heterocycles. The van der Waals surface area contributed by atoms with Gasteiger partial charge in [-0.2, -0.15) is 0 Å². The molecule has 0 saturated carbocycles.